The van der Waals surface area contributed by atoms with Crippen LogP contribution in [-0.4, -0.2) is 19.0 Å². The minimum absolute atomic E-state index is 0.167. The molecule has 0 fully saturated rings. The van der Waals surface area contributed by atoms with Gasteiger partial charge in [0.2, 0.25) is 0 Å². The molecule has 2 N–H and O–H groups in total. The van der Waals surface area contributed by atoms with Crippen molar-refractivity contribution in [1.82, 2.24) is 0 Å². The lowest BCUT2D eigenvalue weighted by atomic mass is 10.2. The molecule has 0 aliphatic rings. The number of carbonyl (C=O) groups excluding carboxylic acids is 2. The van der Waals surface area contributed by atoms with Gasteiger partial charge in [0.25, 0.3) is 5.91 Å². The van der Waals surface area contributed by atoms with E-state index in [1.54, 1.807) is 30.3 Å². The van der Waals surface area contributed by atoms with E-state index in [1.165, 1.54) is 31.5 Å². The molecule has 0 bridgehead atoms. The van der Waals surface area contributed by atoms with Crippen LogP contribution in [0.4, 0.5) is 11.4 Å². The van der Waals surface area contributed by atoms with Crippen LogP contribution >= 0.6 is 23.2 Å². The average molecular weight is 390 g/mol. The molecule has 0 heterocycles. The van der Waals surface area contributed by atoms with Crippen LogP contribution in [0.15, 0.2) is 54.2 Å². The van der Waals surface area contributed by atoms with Crippen molar-refractivity contribution < 1.29 is 14.3 Å². The number of halogens is 2. The molecule has 0 saturated carbocycles. The third-order valence-electron chi connectivity index (χ3n) is 3.21. The minimum atomic E-state index is -0.623. The standard InChI is InChI=1S/C18H13Cl2N3O3/c1-26-18(25)11-3-2-4-13(7-11)22-10-12(9-21)17(24)23-14-5-6-15(19)16(20)8-14/h2-8,10,22H,1H3,(H,23,24)/b12-10-. The number of anilines is 2. The topological polar surface area (TPSA) is 91.2 Å². The van der Waals surface area contributed by atoms with Crippen molar-refractivity contribution in [3.8, 4) is 6.07 Å². The van der Waals surface area contributed by atoms with Crippen molar-refractivity contribution >= 4 is 46.5 Å². The summed E-state index contributed by atoms with van der Waals surface area (Å²) in [6.07, 6.45) is 1.24. The lowest BCUT2D eigenvalue weighted by molar-refractivity contribution is -0.112. The Morgan fingerprint density at radius 2 is 1.88 bits per heavy atom. The van der Waals surface area contributed by atoms with Crippen molar-refractivity contribution in [1.29, 1.82) is 5.26 Å². The van der Waals surface area contributed by atoms with Gasteiger partial charge in [-0.25, -0.2) is 4.79 Å². The molecule has 0 atom stereocenters. The van der Waals surface area contributed by atoms with Gasteiger partial charge in [-0.05, 0) is 36.4 Å². The van der Waals surface area contributed by atoms with Gasteiger partial charge in [-0.15, -0.1) is 0 Å². The predicted molar refractivity (Wildman–Crippen MR) is 100 cm³/mol. The van der Waals surface area contributed by atoms with E-state index < -0.39 is 11.9 Å². The fourth-order valence-corrected chi connectivity index (χ4v) is 2.23. The molecule has 0 unspecified atom stereocenters. The van der Waals surface area contributed by atoms with E-state index in [2.05, 4.69) is 15.4 Å². The van der Waals surface area contributed by atoms with Gasteiger partial charge in [-0.3, -0.25) is 4.79 Å². The maximum absolute atomic E-state index is 12.2. The number of hydrogen-bond donors (Lipinski definition) is 2. The number of rotatable bonds is 5. The highest BCUT2D eigenvalue weighted by Crippen LogP contribution is 2.25. The van der Waals surface area contributed by atoms with E-state index in [0.29, 0.717) is 22.0 Å². The summed E-state index contributed by atoms with van der Waals surface area (Å²) < 4.78 is 4.64. The van der Waals surface area contributed by atoms with E-state index in [1.807, 2.05) is 0 Å². The normalized spacial score (nSPS) is 10.6. The number of amides is 1. The van der Waals surface area contributed by atoms with Gasteiger partial charge in [0.05, 0.1) is 22.7 Å². The van der Waals surface area contributed by atoms with E-state index in [4.69, 9.17) is 23.2 Å². The van der Waals surface area contributed by atoms with Gasteiger partial charge < -0.3 is 15.4 Å². The summed E-state index contributed by atoms with van der Waals surface area (Å²) in [6.45, 7) is 0. The fourth-order valence-electron chi connectivity index (χ4n) is 1.93. The Bertz CT molecular complexity index is 920. The molecular weight excluding hydrogens is 377 g/mol. The summed E-state index contributed by atoms with van der Waals surface area (Å²) >= 11 is 11.7. The Hall–Kier alpha value is -3.01. The second kappa shape index (κ2) is 8.90. The van der Waals surface area contributed by atoms with Crippen molar-refractivity contribution in [3.05, 3.63) is 69.8 Å². The number of nitrogens with one attached hydrogen (secondary N) is 2. The molecule has 0 radical (unpaired) electrons. The van der Waals surface area contributed by atoms with Crippen molar-refractivity contribution in [2.24, 2.45) is 0 Å². The number of carbonyl (C=O) groups is 2. The summed E-state index contributed by atoms with van der Waals surface area (Å²) in [5, 5.41) is 15.2. The summed E-state index contributed by atoms with van der Waals surface area (Å²) in [4.78, 5) is 23.7. The molecule has 132 valence electrons. The van der Waals surface area contributed by atoms with Crippen LogP contribution in [0, 0.1) is 11.3 Å². The third kappa shape index (κ3) is 4.99. The molecule has 26 heavy (non-hydrogen) atoms. The zero-order valence-electron chi connectivity index (χ0n) is 13.5. The third-order valence-corrected chi connectivity index (χ3v) is 3.95. The second-order valence-electron chi connectivity index (χ2n) is 4.97. The van der Waals surface area contributed by atoms with Gasteiger partial charge in [0.15, 0.2) is 0 Å². The summed E-state index contributed by atoms with van der Waals surface area (Å²) in [5.74, 6) is -1.11. The monoisotopic (exact) mass is 389 g/mol. The molecule has 0 aliphatic heterocycles. The number of nitriles is 1. The van der Waals surface area contributed by atoms with Crippen LogP contribution in [0.1, 0.15) is 10.4 Å². The van der Waals surface area contributed by atoms with Crippen LogP contribution in [0.25, 0.3) is 0 Å². The van der Waals surface area contributed by atoms with Crippen molar-refractivity contribution in [2.45, 2.75) is 0 Å². The maximum atomic E-state index is 12.2. The summed E-state index contributed by atoms with van der Waals surface area (Å²) in [5.41, 5.74) is 1.09. The Morgan fingerprint density at radius 1 is 1.12 bits per heavy atom. The molecule has 0 aliphatic carbocycles. The highest BCUT2D eigenvalue weighted by molar-refractivity contribution is 6.42. The second-order valence-corrected chi connectivity index (χ2v) is 5.78. The van der Waals surface area contributed by atoms with Crippen LogP contribution < -0.4 is 10.6 Å². The minimum Gasteiger partial charge on any atom is -0.465 e. The molecule has 2 aromatic rings. The first-order valence-electron chi connectivity index (χ1n) is 7.26. The molecule has 1 amide bonds. The number of hydrogen-bond acceptors (Lipinski definition) is 5. The van der Waals surface area contributed by atoms with Crippen LogP contribution in [0.3, 0.4) is 0 Å². The fraction of sp³-hybridized carbons (Fsp3) is 0.0556. The van der Waals surface area contributed by atoms with E-state index in [9.17, 15) is 14.9 Å². The van der Waals surface area contributed by atoms with Crippen LogP contribution in [0.2, 0.25) is 10.0 Å². The smallest absolute Gasteiger partial charge is 0.337 e. The van der Waals surface area contributed by atoms with Gasteiger partial charge in [-0.1, -0.05) is 29.3 Å². The Labute approximate surface area is 160 Å². The lowest BCUT2D eigenvalue weighted by Gasteiger charge is -2.07. The van der Waals surface area contributed by atoms with Gasteiger partial charge in [-0.2, -0.15) is 5.26 Å². The van der Waals surface area contributed by atoms with Gasteiger partial charge >= 0.3 is 5.97 Å². The van der Waals surface area contributed by atoms with Crippen LogP contribution in [-0.2, 0) is 9.53 Å². The highest BCUT2D eigenvalue weighted by Gasteiger charge is 2.11. The quantitative estimate of drug-likeness (QED) is 0.453. The van der Waals surface area contributed by atoms with E-state index >= 15 is 0 Å². The summed E-state index contributed by atoms with van der Waals surface area (Å²) in [6, 6.07) is 12.8. The molecule has 6 nitrogen and oxygen atoms in total. The number of esters is 1. The number of benzene rings is 2. The highest BCUT2D eigenvalue weighted by atomic mass is 35.5. The first-order valence-corrected chi connectivity index (χ1v) is 8.01. The van der Waals surface area contributed by atoms with Crippen molar-refractivity contribution in [2.75, 3.05) is 17.7 Å². The Kier molecular flexibility index (Phi) is 6.61. The van der Waals surface area contributed by atoms with Crippen molar-refractivity contribution in [3.63, 3.8) is 0 Å². The molecule has 8 heteroatoms. The van der Waals surface area contributed by atoms with E-state index in [0.717, 1.165) is 0 Å². The van der Waals surface area contributed by atoms with Crippen LogP contribution in [0.5, 0.6) is 0 Å². The first-order chi connectivity index (χ1) is 12.4. The number of nitrogens with zero attached hydrogens (tertiary/aromatic N) is 1. The largest absolute Gasteiger partial charge is 0.465 e. The lowest BCUT2D eigenvalue weighted by Crippen LogP contribution is -2.14. The Balaban J connectivity index is 2.12. The SMILES string of the molecule is COC(=O)c1cccc(N/C=C(/C#N)C(=O)Nc2ccc(Cl)c(Cl)c2)c1. The predicted octanol–water partition coefficient (Wildman–Crippen LogP) is 4.24. The summed E-state index contributed by atoms with van der Waals surface area (Å²) in [7, 11) is 1.28. The first kappa shape index (κ1) is 19.3. The molecule has 2 aromatic carbocycles. The molecule has 0 saturated heterocycles. The zero-order chi connectivity index (χ0) is 19.1. The average Bonchev–Trinajstić information content (AvgIpc) is 2.64. The van der Waals surface area contributed by atoms with Gasteiger partial charge in [0.1, 0.15) is 11.6 Å². The van der Waals surface area contributed by atoms with E-state index in [-0.39, 0.29) is 10.6 Å². The zero-order valence-corrected chi connectivity index (χ0v) is 15.1. The molecule has 0 spiro atoms. The molecule has 0 aromatic heterocycles. The molecular formula is C18H13Cl2N3O3. The molecule has 2 rings (SSSR count). The number of methoxy groups -OCH3 is 1. The van der Waals surface area contributed by atoms with Gasteiger partial charge in [0, 0.05) is 17.6 Å². The maximum Gasteiger partial charge on any atom is 0.337 e. The Morgan fingerprint density at radius 3 is 2.54 bits per heavy atom. The number of ether oxygens (including phenoxy) is 1.